The van der Waals surface area contributed by atoms with E-state index in [9.17, 15) is 21.6 Å². The normalized spacial score (nSPS) is 22.4. The standard InChI is InChI=1S/C10H19F3N2O2S/c1-2-6-15(8-10(11,12)13)18(16,17)9-4-3-5-14-7-9/h9,14H,2-8H2,1H3. The van der Waals surface area contributed by atoms with Crippen LogP contribution in [-0.2, 0) is 10.0 Å². The number of nitrogens with zero attached hydrogens (tertiary/aromatic N) is 1. The Kier molecular flexibility index (Phi) is 5.42. The van der Waals surface area contributed by atoms with Crippen LogP contribution in [0.5, 0.6) is 0 Å². The molecule has 1 atom stereocenters. The lowest BCUT2D eigenvalue weighted by molar-refractivity contribution is -0.136. The predicted octanol–water partition coefficient (Wildman–Crippen LogP) is 1.34. The van der Waals surface area contributed by atoms with Gasteiger partial charge in [0.2, 0.25) is 10.0 Å². The first kappa shape index (κ1) is 15.7. The van der Waals surface area contributed by atoms with Gasteiger partial charge >= 0.3 is 6.18 Å². The van der Waals surface area contributed by atoms with Gasteiger partial charge in [-0.3, -0.25) is 0 Å². The summed E-state index contributed by atoms with van der Waals surface area (Å²) < 4.78 is 62.1. The molecule has 1 fully saturated rings. The van der Waals surface area contributed by atoms with Crippen molar-refractivity contribution in [1.82, 2.24) is 9.62 Å². The molecule has 1 aliphatic rings. The van der Waals surface area contributed by atoms with Crippen molar-refractivity contribution in [3.05, 3.63) is 0 Å². The Labute approximate surface area is 106 Å². The van der Waals surface area contributed by atoms with E-state index in [2.05, 4.69) is 5.32 Å². The number of sulfonamides is 1. The zero-order valence-corrected chi connectivity index (χ0v) is 11.1. The third-order valence-electron chi connectivity index (χ3n) is 2.86. The van der Waals surface area contributed by atoms with Crippen molar-refractivity contribution in [2.24, 2.45) is 0 Å². The lowest BCUT2D eigenvalue weighted by atomic mass is 10.2. The van der Waals surface area contributed by atoms with Crippen LogP contribution < -0.4 is 5.32 Å². The monoisotopic (exact) mass is 288 g/mol. The molecule has 0 bridgehead atoms. The van der Waals surface area contributed by atoms with Crippen molar-refractivity contribution in [2.45, 2.75) is 37.6 Å². The molecule has 1 rings (SSSR count). The van der Waals surface area contributed by atoms with Crippen LogP contribution in [0.2, 0.25) is 0 Å². The average Bonchev–Trinajstić information content (AvgIpc) is 2.28. The number of alkyl halides is 3. The Balaban J connectivity index is 2.81. The van der Waals surface area contributed by atoms with Crippen LogP contribution >= 0.6 is 0 Å². The van der Waals surface area contributed by atoms with Crippen LogP contribution in [0, 0.1) is 0 Å². The van der Waals surface area contributed by atoms with Crippen LogP contribution in [0.25, 0.3) is 0 Å². The van der Waals surface area contributed by atoms with E-state index in [1.54, 1.807) is 6.92 Å². The van der Waals surface area contributed by atoms with Gasteiger partial charge in [-0.1, -0.05) is 6.92 Å². The Morgan fingerprint density at radius 3 is 2.50 bits per heavy atom. The lowest BCUT2D eigenvalue weighted by Gasteiger charge is -2.30. The molecule has 1 heterocycles. The highest BCUT2D eigenvalue weighted by atomic mass is 32.2. The second-order valence-corrected chi connectivity index (χ2v) is 6.68. The maximum Gasteiger partial charge on any atom is 0.402 e. The summed E-state index contributed by atoms with van der Waals surface area (Å²) in [7, 11) is -3.87. The molecule has 0 saturated carbocycles. The van der Waals surface area contributed by atoms with Gasteiger partial charge in [0, 0.05) is 13.1 Å². The molecular formula is C10H19F3N2O2S. The van der Waals surface area contributed by atoms with Gasteiger partial charge in [0.05, 0.1) is 5.25 Å². The van der Waals surface area contributed by atoms with Crippen LogP contribution in [-0.4, -0.2) is 50.3 Å². The van der Waals surface area contributed by atoms with E-state index in [0.717, 1.165) is 6.54 Å². The summed E-state index contributed by atoms with van der Waals surface area (Å²) in [5.74, 6) is 0. The highest BCUT2D eigenvalue weighted by Crippen LogP contribution is 2.23. The minimum absolute atomic E-state index is 0.0850. The summed E-state index contributed by atoms with van der Waals surface area (Å²) in [4.78, 5) is 0. The number of halogens is 3. The summed E-state index contributed by atoms with van der Waals surface area (Å²) in [6.07, 6.45) is -3.02. The van der Waals surface area contributed by atoms with Crippen LogP contribution in [0.4, 0.5) is 13.2 Å². The maximum atomic E-state index is 12.4. The van der Waals surface area contributed by atoms with E-state index in [1.165, 1.54) is 0 Å². The zero-order valence-electron chi connectivity index (χ0n) is 10.3. The molecule has 1 saturated heterocycles. The molecule has 0 aliphatic carbocycles. The van der Waals surface area contributed by atoms with Crippen molar-refractivity contribution < 1.29 is 21.6 Å². The third kappa shape index (κ3) is 4.40. The van der Waals surface area contributed by atoms with Gasteiger partial charge in [-0.2, -0.15) is 17.5 Å². The summed E-state index contributed by atoms with van der Waals surface area (Å²) >= 11 is 0. The van der Waals surface area contributed by atoms with Gasteiger partial charge in [-0.05, 0) is 25.8 Å². The van der Waals surface area contributed by atoms with Crippen LogP contribution in [0.1, 0.15) is 26.2 Å². The van der Waals surface area contributed by atoms with Crippen LogP contribution in [0.15, 0.2) is 0 Å². The SMILES string of the molecule is CCCN(CC(F)(F)F)S(=O)(=O)C1CCCNC1. The van der Waals surface area contributed by atoms with Gasteiger partial charge in [0.1, 0.15) is 6.54 Å². The van der Waals surface area contributed by atoms with Crippen molar-refractivity contribution in [3.63, 3.8) is 0 Å². The van der Waals surface area contributed by atoms with Gasteiger partial charge in [0.25, 0.3) is 0 Å². The van der Waals surface area contributed by atoms with Crippen molar-refractivity contribution in [2.75, 3.05) is 26.2 Å². The Morgan fingerprint density at radius 1 is 1.39 bits per heavy atom. The zero-order chi connectivity index (χ0) is 13.8. The highest BCUT2D eigenvalue weighted by molar-refractivity contribution is 7.89. The molecule has 1 unspecified atom stereocenters. The largest absolute Gasteiger partial charge is 0.402 e. The van der Waals surface area contributed by atoms with Crippen molar-refractivity contribution in [3.8, 4) is 0 Å². The summed E-state index contributed by atoms with van der Waals surface area (Å²) in [6.45, 7) is 1.15. The fraction of sp³-hybridized carbons (Fsp3) is 1.00. The Bertz CT molecular complexity index is 351. The third-order valence-corrected chi connectivity index (χ3v) is 5.14. The highest BCUT2D eigenvalue weighted by Gasteiger charge is 2.39. The molecule has 0 aromatic rings. The number of rotatable bonds is 5. The van der Waals surface area contributed by atoms with E-state index in [1.807, 2.05) is 0 Å². The molecule has 4 nitrogen and oxygen atoms in total. The molecule has 1 aliphatic heterocycles. The number of nitrogens with one attached hydrogen (secondary N) is 1. The molecule has 0 spiro atoms. The van der Waals surface area contributed by atoms with Gasteiger partial charge in [-0.15, -0.1) is 0 Å². The van der Waals surface area contributed by atoms with E-state index in [-0.39, 0.29) is 13.1 Å². The molecule has 108 valence electrons. The molecule has 0 radical (unpaired) electrons. The maximum absolute atomic E-state index is 12.4. The quantitative estimate of drug-likeness (QED) is 0.830. The minimum Gasteiger partial charge on any atom is -0.315 e. The van der Waals surface area contributed by atoms with Crippen LogP contribution in [0.3, 0.4) is 0 Å². The minimum atomic E-state index is -4.50. The molecular weight excluding hydrogens is 269 g/mol. The fourth-order valence-corrected chi connectivity index (χ4v) is 4.01. The van der Waals surface area contributed by atoms with Gasteiger partial charge in [-0.25, -0.2) is 8.42 Å². The van der Waals surface area contributed by atoms with Gasteiger partial charge < -0.3 is 5.32 Å². The number of hydrogen-bond donors (Lipinski definition) is 1. The molecule has 8 heteroatoms. The topological polar surface area (TPSA) is 49.4 Å². The van der Waals surface area contributed by atoms with E-state index < -0.39 is 28.0 Å². The van der Waals surface area contributed by atoms with E-state index >= 15 is 0 Å². The van der Waals surface area contributed by atoms with Gasteiger partial charge in [0.15, 0.2) is 0 Å². The summed E-state index contributed by atoms with van der Waals surface area (Å²) in [6, 6.07) is 0. The molecule has 0 aromatic carbocycles. The molecule has 0 amide bonds. The average molecular weight is 288 g/mol. The summed E-state index contributed by atoms with van der Waals surface area (Å²) in [5.41, 5.74) is 0. The van der Waals surface area contributed by atoms with Crippen molar-refractivity contribution in [1.29, 1.82) is 0 Å². The van der Waals surface area contributed by atoms with E-state index in [4.69, 9.17) is 0 Å². The fourth-order valence-electron chi connectivity index (χ4n) is 2.03. The Hall–Kier alpha value is -0.340. The molecule has 1 N–H and O–H groups in total. The predicted molar refractivity (Wildman–Crippen MR) is 62.7 cm³/mol. The molecule has 0 aromatic heterocycles. The van der Waals surface area contributed by atoms with Crippen molar-refractivity contribution >= 4 is 10.0 Å². The second-order valence-electron chi connectivity index (χ2n) is 4.46. The first-order chi connectivity index (χ1) is 8.27. The summed E-state index contributed by atoms with van der Waals surface area (Å²) in [5, 5.41) is 2.18. The smallest absolute Gasteiger partial charge is 0.315 e. The van der Waals surface area contributed by atoms with E-state index in [0.29, 0.717) is 23.6 Å². The number of hydrogen-bond acceptors (Lipinski definition) is 3. The number of piperidine rings is 1. The first-order valence-electron chi connectivity index (χ1n) is 6.04. The second kappa shape index (κ2) is 6.21. The lowest BCUT2D eigenvalue weighted by Crippen LogP contribution is -2.49. The first-order valence-corrected chi connectivity index (χ1v) is 7.54. The molecule has 18 heavy (non-hydrogen) atoms. The Morgan fingerprint density at radius 2 is 2.06 bits per heavy atom.